The first-order chi connectivity index (χ1) is 12.4. The molecule has 2 aromatic carbocycles. The molecule has 0 unspecified atom stereocenters. The van der Waals surface area contributed by atoms with Crippen molar-refractivity contribution in [2.75, 3.05) is 18.9 Å². The van der Waals surface area contributed by atoms with E-state index in [9.17, 15) is 14.9 Å². The molecule has 0 saturated carbocycles. The van der Waals surface area contributed by atoms with Crippen LogP contribution in [0.4, 0.5) is 11.4 Å². The van der Waals surface area contributed by atoms with Crippen LogP contribution in [0, 0.1) is 10.1 Å². The number of nitrogens with one attached hydrogen (secondary N) is 1. The Balaban J connectivity index is 1.75. The predicted octanol–water partition coefficient (Wildman–Crippen LogP) is 4.75. The summed E-state index contributed by atoms with van der Waals surface area (Å²) in [4.78, 5) is 24.0. The SMILES string of the molecule is CN(Cc1cccc(Cl)c1Cl)C(=O)CCCNc1ccc([N+](=O)[O-])cc1. The Labute approximate surface area is 161 Å². The Morgan fingerprint density at radius 3 is 2.54 bits per heavy atom. The smallest absolute Gasteiger partial charge is 0.269 e. The Morgan fingerprint density at radius 1 is 1.19 bits per heavy atom. The number of hydrogen-bond acceptors (Lipinski definition) is 4. The summed E-state index contributed by atoms with van der Waals surface area (Å²) in [6.45, 7) is 0.989. The van der Waals surface area contributed by atoms with E-state index in [1.807, 2.05) is 6.07 Å². The monoisotopic (exact) mass is 395 g/mol. The lowest BCUT2D eigenvalue weighted by atomic mass is 10.2. The van der Waals surface area contributed by atoms with Crippen LogP contribution in [-0.4, -0.2) is 29.3 Å². The topological polar surface area (TPSA) is 75.5 Å². The number of nitro groups is 1. The molecular weight excluding hydrogens is 377 g/mol. The molecule has 0 aromatic heterocycles. The van der Waals surface area contributed by atoms with Crippen LogP contribution in [0.1, 0.15) is 18.4 Å². The van der Waals surface area contributed by atoms with Crippen molar-refractivity contribution in [2.45, 2.75) is 19.4 Å². The van der Waals surface area contributed by atoms with E-state index in [2.05, 4.69) is 5.32 Å². The number of hydrogen-bond donors (Lipinski definition) is 1. The number of carbonyl (C=O) groups is 1. The van der Waals surface area contributed by atoms with Gasteiger partial charge in [0.25, 0.3) is 5.69 Å². The maximum Gasteiger partial charge on any atom is 0.269 e. The second-order valence-corrected chi connectivity index (χ2v) is 6.58. The number of carbonyl (C=O) groups excluding carboxylic acids is 1. The first-order valence-electron chi connectivity index (χ1n) is 8.03. The third kappa shape index (κ3) is 5.61. The number of anilines is 1. The average Bonchev–Trinajstić information content (AvgIpc) is 2.62. The van der Waals surface area contributed by atoms with E-state index in [4.69, 9.17) is 23.2 Å². The summed E-state index contributed by atoms with van der Waals surface area (Å²) in [6, 6.07) is 11.5. The van der Waals surface area contributed by atoms with Crippen molar-refractivity contribution < 1.29 is 9.72 Å². The van der Waals surface area contributed by atoms with Crippen LogP contribution in [0.2, 0.25) is 10.0 Å². The number of nitrogens with zero attached hydrogens (tertiary/aromatic N) is 2. The summed E-state index contributed by atoms with van der Waals surface area (Å²) in [7, 11) is 1.73. The zero-order valence-electron chi connectivity index (χ0n) is 14.2. The van der Waals surface area contributed by atoms with Crippen molar-refractivity contribution in [1.29, 1.82) is 0 Å². The Morgan fingerprint density at radius 2 is 1.88 bits per heavy atom. The lowest BCUT2D eigenvalue weighted by Gasteiger charge is -2.18. The zero-order valence-corrected chi connectivity index (χ0v) is 15.8. The van der Waals surface area contributed by atoms with Crippen molar-refractivity contribution in [3.05, 3.63) is 68.2 Å². The van der Waals surface area contributed by atoms with Gasteiger partial charge in [-0.05, 0) is 30.2 Å². The van der Waals surface area contributed by atoms with Crippen LogP contribution >= 0.6 is 23.2 Å². The van der Waals surface area contributed by atoms with Gasteiger partial charge < -0.3 is 10.2 Å². The Hall–Kier alpha value is -2.31. The minimum absolute atomic E-state index is 0.00606. The van der Waals surface area contributed by atoms with E-state index in [1.54, 1.807) is 36.2 Å². The number of nitro benzene ring substituents is 1. The Kier molecular flexibility index (Phi) is 7.24. The number of rotatable bonds is 8. The summed E-state index contributed by atoms with van der Waals surface area (Å²) in [6.07, 6.45) is 1.03. The lowest BCUT2D eigenvalue weighted by Crippen LogP contribution is -2.26. The van der Waals surface area contributed by atoms with Crippen molar-refractivity contribution >= 4 is 40.5 Å². The third-order valence-corrected chi connectivity index (χ3v) is 4.70. The molecule has 138 valence electrons. The summed E-state index contributed by atoms with van der Waals surface area (Å²) in [5.74, 6) is 0.00606. The molecule has 0 aliphatic heterocycles. The molecule has 0 radical (unpaired) electrons. The summed E-state index contributed by atoms with van der Waals surface area (Å²) >= 11 is 12.1. The standard InChI is InChI=1S/C18H19Cl2N3O3/c1-22(12-13-4-2-5-16(19)18(13)20)17(24)6-3-11-21-14-7-9-15(10-8-14)23(25)26/h2,4-5,7-10,21H,3,6,11-12H2,1H3. The van der Waals surface area contributed by atoms with Crippen molar-refractivity contribution in [3.63, 3.8) is 0 Å². The first kappa shape index (κ1) is 20.0. The van der Waals surface area contributed by atoms with E-state index >= 15 is 0 Å². The van der Waals surface area contributed by atoms with Crippen LogP contribution in [-0.2, 0) is 11.3 Å². The van der Waals surface area contributed by atoms with Gasteiger partial charge in [0.2, 0.25) is 5.91 Å². The summed E-state index contributed by atoms with van der Waals surface area (Å²) < 4.78 is 0. The molecule has 0 saturated heterocycles. The van der Waals surface area contributed by atoms with Gasteiger partial charge in [0.1, 0.15) is 0 Å². The van der Waals surface area contributed by atoms with Gasteiger partial charge in [-0.3, -0.25) is 14.9 Å². The largest absolute Gasteiger partial charge is 0.385 e. The van der Waals surface area contributed by atoms with Crippen LogP contribution in [0.15, 0.2) is 42.5 Å². The van der Waals surface area contributed by atoms with Gasteiger partial charge in [0, 0.05) is 44.4 Å². The van der Waals surface area contributed by atoms with Gasteiger partial charge >= 0.3 is 0 Å². The van der Waals surface area contributed by atoms with E-state index in [0.29, 0.717) is 36.0 Å². The van der Waals surface area contributed by atoms with Gasteiger partial charge in [0.05, 0.1) is 15.0 Å². The van der Waals surface area contributed by atoms with Gasteiger partial charge in [-0.1, -0.05) is 35.3 Å². The van der Waals surface area contributed by atoms with Gasteiger partial charge in [0.15, 0.2) is 0 Å². The van der Waals surface area contributed by atoms with E-state index in [0.717, 1.165) is 11.3 Å². The van der Waals surface area contributed by atoms with Gasteiger partial charge in [-0.2, -0.15) is 0 Å². The minimum atomic E-state index is -0.440. The van der Waals surface area contributed by atoms with Gasteiger partial charge in [-0.15, -0.1) is 0 Å². The Bertz CT molecular complexity index is 782. The van der Waals surface area contributed by atoms with E-state index in [-0.39, 0.29) is 11.6 Å². The van der Waals surface area contributed by atoms with Crippen LogP contribution in [0.5, 0.6) is 0 Å². The highest BCUT2D eigenvalue weighted by Gasteiger charge is 2.12. The number of non-ortho nitro benzene ring substituents is 1. The second kappa shape index (κ2) is 9.40. The molecule has 2 rings (SSSR count). The maximum absolute atomic E-state index is 12.2. The molecule has 6 nitrogen and oxygen atoms in total. The molecule has 2 aromatic rings. The number of amides is 1. The predicted molar refractivity (Wildman–Crippen MR) is 104 cm³/mol. The molecule has 26 heavy (non-hydrogen) atoms. The molecule has 1 amide bonds. The molecule has 0 fully saturated rings. The molecule has 0 spiro atoms. The normalized spacial score (nSPS) is 10.4. The molecule has 0 heterocycles. The van der Waals surface area contributed by atoms with E-state index in [1.165, 1.54) is 12.1 Å². The molecule has 0 aliphatic rings. The summed E-state index contributed by atoms with van der Waals surface area (Å²) in [5.41, 5.74) is 1.63. The fourth-order valence-corrected chi connectivity index (χ4v) is 2.76. The fourth-order valence-electron chi connectivity index (χ4n) is 2.38. The van der Waals surface area contributed by atoms with Crippen LogP contribution in [0.3, 0.4) is 0 Å². The quantitative estimate of drug-likeness (QED) is 0.397. The number of benzene rings is 2. The van der Waals surface area contributed by atoms with Crippen LogP contribution < -0.4 is 5.32 Å². The third-order valence-electron chi connectivity index (χ3n) is 3.84. The highest BCUT2D eigenvalue weighted by atomic mass is 35.5. The highest BCUT2D eigenvalue weighted by molar-refractivity contribution is 6.42. The maximum atomic E-state index is 12.2. The zero-order chi connectivity index (χ0) is 19.1. The average molecular weight is 396 g/mol. The number of halogens is 2. The summed E-state index contributed by atoms with van der Waals surface area (Å²) in [5, 5.41) is 14.7. The van der Waals surface area contributed by atoms with Gasteiger partial charge in [-0.25, -0.2) is 0 Å². The second-order valence-electron chi connectivity index (χ2n) is 5.80. The van der Waals surface area contributed by atoms with Crippen molar-refractivity contribution in [2.24, 2.45) is 0 Å². The highest BCUT2D eigenvalue weighted by Crippen LogP contribution is 2.26. The van der Waals surface area contributed by atoms with Crippen molar-refractivity contribution in [3.8, 4) is 0 Å². The lowest BCUT2D eigenvalue weighted by molar-refractivity contribution is -0.384. The van der Waals surface area contributed by atoms with Crippen molar-refractivity contribution in [1.82, 2.24) is 4.90 Å². The molecule has 0 aliphatic carbocycles. The molecule has 8 heteroatoms. The molecular formula is C18H19Cl2N3O3. The van der Waals surface area contributed by atoms with Crippen LogP contribution in [0.25, 0.3) is 0 Å². The minimum Gasteiger partial charge on any atom is -0.385 e. The molecule has 0 bridgehead atoms. The fraction of sp³-hybridized carbons (Fsp3) is 0.278. The first-order valence-corrected chi connectivity index (χ1v) is 8.79. The van der Waals surface area contributed by atoms with E-state index < -0.39 is 4.92 Å². The molecule has 0 atom stereocenters. The molecule has 1 N–H and O–H groups in total.